The number of carbonyl (C=O) groups excluding carboxylic acids is 1. The second-order valence-corrected chi connectivity index (χ2v) is 4.50. The highest BCUT2D eigenvalue weighted by Gasteiger charge is 2.09. The van der Waals surface area contributed by atoms with Crippen molar-refractivity contribution in [3.05, 3.63) is 29.8 Å². The average molecular weight is 280 g/mol. The highest BCUT2D eigenvalue weighted by Crippen LogP contribution is 2.15. The predicted octanol–water partition coefficient (Wildman–Crippen LogP) is 1.79. The monoisotopic (exact) mass is 280 g/mol. The Morgan fingerprint density at radius 2 is 2.15 bits per heavy atom. The number of hydrogen-bond donors (Lipinski definition) is 2. The van der Waals surface area contributed by atoms with Gasteiger partial charge in [-0.2, -0.15) is 0 Å². The van der Waals surface area contributed by atoms with Crippen molar-refractivity contribution in [2.75, 3.05) is 32.8 Å². The van der Waals surface area contributed by atoms with E-state index in [9.17, 15) is 4.79 Å². The van der Waals surface area contributed by atoms with Gasteiger partial charge in [0.15, 0.2) is 0 Å². The van der Waals surface area contributed by atoms with Crippen molar-refractivity contribution in [1.29, 1.82) is 0 Å². The molecule has 1 aromatic rings. The molecular weight excluding hydrogens is 256 g/mol. The molecule has 0 saturated carbocycles. The quantitative estimate of drug-likeness (QED) is 0.714. The van der Waals surface area contributed by atoms with E-state index in [0.717, 1.165) is 17.7 Å². The predicted molar refractivity (Wildman–Crippen MR) is 79.0 cm³/mol. The molecule has 0 unspecified atom stereocenters. The third kappa shape index (κ3) is 5.48. The highest BCUT2D eigenvalue weighted by molar-refractivity contribution is 5.74. The second kappa shape index (κ2) is 9.20. The van der Waals surface area contributed by atoms with Gasteiger partial charge in [-0.05, 0) is 31.9 Å². The van der Waals surface area contributed by atoms with E-state index in [-0.39, 0.29) is 12.6 Å². The number of benzene rings is 1. The van der Waals surface area contributed by atoms with Crippen LogP contribution in [-0.4, -0.2) is 48.9 Å². The van der Waals surface area contributed by atoms with E-state index in [2.05, 4.69) is 5.32 Å². The van der Waals surface area contributed by atoms with Crippen molar-refractivity contribution < 1.29 is 14.6 Å². The highest BCUT2D eigenvalue weighted by atomic mass is 16.5. The maximum Gasteiger partial charge on any atom is 0.317 e. The fourth-order valence-corrected chi connectivity index (χ4v) is 1.80. The molecule has 0 bridgehead atoms. The molecule has 2 N–H and O–H groups in total. The second-order valence-electron chi connectivity index (χ2n) is 4.50. The lowest BCUT2D eigenvalue weighted by Gasteiger charge is -2.20. The number of para-hydroxylation sites is 1. The van der Waals surface area contributed by atoms with E-state index >= 15 is 0 Å². The molecule has 0 aliphatic carbocycles. The molecule has 2 amide bonds. The zero-order chi connectivity index (χ0) is 14.8. The number of ether oxygens (including phenoxy) is 1. The van der Waals surface area contributed by atoms with Crippen LogP contribution in [0.25, 0.3) is 0 Å². The van der Waals surface area contributed by atoms with Crippen LogP contribution in [0.1, 0.15) is 18.9 Å². The molecule has 0 saturated heterocycles. The molecular formula is C15H24N2O3. The minimum absolute atomic E-state index is 0.0162. The topological polar surface area (TPSA) is 61.8 Å². The van der Waals surface area contributed by atoms with Crippen LogP contribution in [0.3, 0.4) is 0 Å². The summed E-state index contributed by atoms with van der Waals surface area (Å²) < 4.78 is 5.65. The van der Waals surface area contributed by atoms with Gasteiger partial charge in [0.1, 0.15) is 5.75 Å². The largest absolute Gasteiger partial charge is 0.493 e. The van der Waals surface area contributed by atoms with Crippen molar-refractivity contribution in [3.8, 4) is 5.75 Å². The standard InChI is InChI=1S/C15H24N2O3/c1-3-17(10-11-18)15(19)16-9-6-12-20-14-8-5-4-7-13(14)2/h4-5,7-8,18H,3,6,9-12H2,1-2H3,(H,16,19). The first-order valence-electron chi connectivity index (χ1n) is 7.01. The number of aliphatic hydroxyl groups excluding tert-OH is 1. The summed E-state index contributed by atoms with van der Waals surface area (Å²) >= 11 is 0. The zero-order valence-corrected chi connectivity index (χ0v) is 12.3. The minimum Gasteiger partial charge on any atom is -0.493 e. The van der Waals surface area contributed by atoms with Gasteiger partial charge in [-0.1, -0.05) is 18.2 Å². The average Bonchev–Trinajstić information content (AvgIpc) is 2.46. The summed E-state index contributed by atoms with van der Waals surface area (Å²) in [7, 11) is 0. The zero-order valence-electron chi connectivity index (χ0n) is 12.3. The van der Waals surface area contributed by atoms with Crippen LogP contribution < -0.4 is 10.1 Å². The van der Waals surface area contributed by atoms with E-state index in [1.54, 1.807) is 4.90 Å². The Bertz CT molecular complexity index is 410. The Hall–Kier alpha value is -1.75. The summed E-state index contributed by atoms with van der Waals surface area (Å²) in [5.41, 5.74) is 1.11. The Balaban J connectivity index is 2.19. The van der Waals surface area contributed by atoms with Gasteiger partial charge in [0.2, 0.25) is 0 Å². The SMILES string of the molecule is CCN(CCO)C(=O)NCCCOc1ccccc1C. The molecule has 0 fully saturated rings. The van der Waals surface area contributed by atoms with Crippen LogP contribution in [0.4, 0.5) is 4.79 Å². The molecule has 0 aliphatic heterocycles. The first kappa shape index (κ1) is 16.3. The third-order valence-electron chi connectivity index (χ3n) is 2.99. The fraction of sp³-hybridized carbons (Fsp3) is 0.533. The lowest BCUT2D eigenvalue weighted by Crippen LogP contribution is -2.41. The number of urea groups is 1. The summed E-state index contributed by atoms with van der Waals surface area (Å²) in [6.45, 7) is 5.96. The molecule has 0 radical (unpaired) electrons. The van der Waals surface area contributed by atoms with Gasteiger partial charge in [-0.3, -0.25) is 0 Å². The number of nitrogens with one attached hydrogen (secondary N) is 1. The van der Waals surface area contributed by atoms with Crippen molar-refractivity contribution in [2.45, 2.75) is 20.3 Å². The summed E-state index contributed by atoms with van der Waals surface area (Å²) in [5, 5.41) is 11.7. The molecule has 5 nitrogen and oxygen atoms in total. The number of aliphatic hydroxyl groups is 1. The minimum atomic E-state index is -0.141. The van der Waals surface area contributed by atoms with Gasteiger partial charge in [-0.25, -0.2) is 4.79 Å². The van der Waals surface area contributed by atoms with E-state index in [1.807, 2.05) is 38.1 Å². The molecule has 112 valence electrons. The molecule has 0 atom stereocenters. The number of aryl methyl sites for hydroxylation is 1. The van der Waals surface area contributed by atoms with Gasteiger partial charge < -0.3 is 20.1 Å². The van der Waals surface area contributed by atoms with Gasteiger partial charge in [0.05, 0.1) is 13.2 Å². The Kier molecular flexibility index (Phi) is 7.50. The van der Waals surface area contributed by atoms with Gasteiger partial charge >= 0.3 is 6.03 Å². The number of rotatable bonds is 8. The molecule has 20 heavy (non-hydrogen) atoms. The van der Waals surface area contributed by atoms with Crippen LogP contribution in [0.2, 0.25) is 0 Å². The Morgan fingerprint density at radius 3 is 2.80 bits per heavy atom. The van der Waals surface area contributed by atoms with Crippen molar-refractivity contribution in [1.82, 2.24) is 10.2 Å². The smallest absolute Gasteiger partial charge is 0.317 e. The molecule has 1 aromatic carbocycles. The number of hydrogen-bond acceptors (Lipinski definition) is 3. The van der Waals surface area contributed by atoms with E-state index in [4.69, 9.17) is 9.84 Å². The van der Waals surface area contributed by atoms with Crippen LogP contribution in [0, 0.1) is 6.92 Å². The molecule has 5 heteroatoms. The first-order valence-corrected chi connectivity index (χ1v) is 7.01. The Morgan fingerprint density at radius 1 is 1.40 bits per heavy atom. The maximum atomic E-state index is 11.7. The maximum absolute atomic E-state index is 11.7. The summed E-state index contributed by atoms with van der Waals surface area (Å²) in [6, 6.07) is 7.72. The molecule has 0 spiro atoms. The van der Waals surface area contributed by atoms with E-state index in [1.165, 1.54) is 0 Å². The van der Waals surface area contributed by atoms with Crippen LogP contribution in [-0.2, 0) is 0 Å². The van der Waals surface area contributed by atoms with Gasteiger partial charge in [0, 0.05) is 19.6 Å². The lowest BCUT2D eigenvalue weighted by molar-refractivity contribution is 0.179. The lowest BCUT2D eigenvalue weighted by atomic mass is 10.2. The van der Waals surface area contributed by atoms with E-state index < -0.39 is 0 Å². The molecule has 0 aliphatic rings. The van der Waals surface area contributed by atoms with Crippen molar-refractivity contribution >= 4 is 6.03 Å². The van der Waals surface area contributed by atoms with Gasteiger partial charge in [-0.15, -0.1) is 0 Å². The van der Waals surface area contributed by atoms with Gasteiger partial charge in [0.25, 0.3) is 0 Å². The molecule has 0 aromatic heterocycles. The van der Waals surface area contributed by atoms with Crippen molar-refractivity contribution in [3.63, 3.8) is 0 Å². The van der Waals surface area contributed by atoms with Crippen molar-refractivity contribution in [2.24, 2.45) is 0 Å². The number of amides is 2. The summed E-state index contributed by atoms with van der Waals surface area (Å²) in [6.07, 6.45) is 0.747. The third-order valence-corrected chi connectivity index (χ3v) is 2.99. The normalized spacial score (nSPS) is 10.2. The first-order chi connectivity index (χ1) is 9.69. The molecule has 0 heterocycles. The van der Waals surface area contributed by atoms with E-state index in [0.29, 0.717) is 26.2 Å². The Labute approximate surface area is 120 Å². The fourth-order valence-electron chi connectivity index (χ4n) is 1.80. The number of likely N-dealkylation sites (N-methyl/N-ethyl adjacent to an activating group) is 1. The van der Waals surface area contributed by atoms with Crippen LogP contribution >= 0.6 is 0 Å². The summed E-state index contributed by atoms with van der Waals surface area (Å²) in [4.78, 5) is 13.3. The number of nitrogens with zero attached hydrogens (tertiary/aromatic N) is 1. The summed E-state index contributed by atoms with van der Waals surface area (Å²) in [5.74, 6) is 0.884. The number of carbonyl (C=O) groups is 1. The van der Waals surface area contributed by atoms with Crippen LogP contribution in [0.15, 0.2) is 24.3 Å². The van der Waals surface area contributed by atoms with Crippen LogP contribution in [0.5, 0.6) is 5.75 Å². The molecule has 1 rings (SSSR count).